The van der Waals surface area contributed by atoms with Crippen LogP contribution in [0.1, 0.15) is 19.3 Å². The third-order valence-corrected chi connectivity index (χ3v) is 2.82. The van der Waals surface area contributed by atoms with Crippen molar-refractivity contribution in [3.8, 4) is 0 Å². The molecule has 0 aromatic carbocycles. The third kappa shape index (κ3) is 1.54. The van der Waals surface area contributed by atoms with Gasteiger partial charge in [0.15, 0.2) is 5.65 Å². The summed E-state index contributed by atoms with van der Waals surface area (Å²) in [4.78, 5) is 11.1. The van der Waals surface area contributed by atoms with Crippen LogP contribution in [0.4, 0.5) is 5.95 Å². The summed E-state index contributed by atoms with van der Waals surface area (Å²) in [6, 6.07) is 0. The third-order valence-electron chi connectivity index (χ3n) is 2.82. The molecule has 3 heterocycles. The van der Waals surface area contributed by atoms with Gasteiger partial charge in [0, 0.05) is 19.3 Å². The first kappa shape index (κ1) is 8.64. The second kappa shape index (κ2) is 3.49. The number of aromatic amines is 1. The number of nitrogens with one attached hydrogen (secondary N) is 1. The highest BCUT2D eigenvalue weighted by Crippen LogP contribution is 2.17. The van der Waals surface area contributed by atoms with Crippen molar-refractivity contribution in [2.45, 2.75) is 19.3 Å². The Morgan fingerprint density at radius 2 is 2.00 bits per heavy atom. The number of piperidine rings is 1. The maximum atomic E-state index is 4.46. The summed E-state index contributed by atoms with van der Waals surface area (Å²) in [6.45, 7) is 2.14. The number of rotatable bonds is 1. The predicted octanol–water partition coefficient (Wildman–Crippen LogP) is 1.34. The molecule has 1 fully saturated rings. The molecule has 5 heteroatoms. The van der Waals surface area contributed by atoms with Crippen molar-refractivity contribution in [1.82, 2.24) is 20.2 Å². The maximum absolute atomic E-state index is 4.46. The zero-order valence-corrected chi connectivity index (χ0v) is 8.48. The van der Waals surface area contributed by atoms with Crippen molar-refractivity contribution in [3.05, 3.63) is 12.4 Å². The van der Waals surface area contributed by atoms with Gasteiger partial charge in [0.25, 0.3) is 0 Å². The molecule has 0 aliphatic carbocycles. The summed E-state index contributed by atoms with van der Waals surface area (Å²) in [6.07, 6.45) is 7.38. The highest BCUT2D eigenvalue weighted by atomic mass is 15.3. The lowest BCUT2D eigenvalue weighted by atomic mass is 10.1. The van der Waals surface area contributed by atoms with E-state index in [-0.39, 0.29) is 0 Å². The first-order valence-corrected chi connectivity index (χ1v) is 5.34. The molecular weight excluding hydrogens is 190 g/mol. The normalized spacial score (nSPS) is 17.2. The molecule has 0 unspecified atom stereocenters. The van der Waals surface area contributed by atoms with E-state index in [1.165, 1.54) is 19.3 Å². The molecular formula is C10H13N5. The van der Waals surface area contributed by atoms with Crippen LogP contribution in [0, 0.1) is 0 Å². The lowest BCUT2D eigenvalue weighted by Gasteiger charge is -2.26. The molecule has 78 valence electrons. The van der Waals surface area contributed by atoms with Crippen molar-refractivity contribution in [2.75, 3.05) is 18.0 Å². The van der Waals surface area contributed by atoms with E-state index in [2.05, 4.69) is 25.1 Å². The summed E-state index contributed by atoms with van der Waals surface area (Å²) < 4.78 is 0. The largest absolute Gasteiger partial charge is 0.341 e. The Hall–Kier alpha value is -1.65. The Bertz CT molecular complexity index is 458. The minimum atomic E-state index is 0.825. The Morgan fingerprint density at radius 1 is 1.13 bits per heavy atom. The van der Waals surface area contributed by atoms with Crippen molar-refractivity contribution < 1.29 is 0 Å². The molecule has 0 radical (unpaired) electrons. The fourth-order valence-corrected chi connectivity index (χ4v) is 1.98. The van der Waals surface area contributed by atoms with Crippen LogP contribution in [0.25, 0.3) is 11.0 Å². The van der Waals surface area contributed by atoms with Gasteiger partial charge in [0.05, 0.1) is 11.6 Å². The molecule has 2 aromatic heterocycles. The van der Waals surface area contributed by atoms with E-state index < -0.39 is 0 Å². The number of anilines is 1. The fraction of sp³-hybridized carbons (Fsp3) is 0.500. The molecule has 0 atom stereocenters. The van der Waals surface area contributed by atoms with Crippen molar-refractivity contribution in [1.29, 1.82) is 0 Å². The van der Waals surface area contributed by atoms with E-state index >= 15 is 0 Å². The lowest BCUT2D eigenvalue weighted by molar-refractivity contribution is 0.569. The van der Waals surface area contributed by atoms with Gasteiger partial charge in [-0.1, -0.05) is 0 Å². The van der Waals surface area contributed by atoms with Crippen LogP contribution < -0.4 is 4.90 Å². The Kier molecular flexibility index (Phi) is 2.01. The van der Waals surface area contributed by atoms with Gasteiger partial charge in [0.1, 0.15) is 0 Å². The van der Waals surface area contributed by atoms with E-state index in [1.807, 2.05) is 6.20 Å². The monoisotopic (exact) mass is 203 g/mol. The topological polar surface area (TPSA) is 57.7 Å². The molecule has 3 rings (SSSR count). The van der Waals surface area contributed by atoms with Crippen LogP contribution >= 0.6 is 0 Å². The van der Waals surface area contributed by atoms with Crippen molar-refractivity contribution in [2.24, 2.45) is 0 Å². The summed E-state index contributed by atoms with van der Waals surface area (Å²) in [5, 5.41) is 7.78. The summed E-state index contributed by atoms with van der Waals surface area (Å²) in [7, 11) is 0. The van der Waals surface area contributed by atoms with Gasteiger partial charge in [-0.2, -0.15) is 10.1 Å². The summed E-state index contributed by atoms with van der Waals surface area (Å²) in [5.74, 6) is 0.825. The Balaban J connectivity index is 1.95. The number of hydrogen-bond acceptors (Lipinski definition) is 4. The van der Waals surface area contributed by atoms with Crippen LogP contribution in [-0.2, 0) is 0 Å². The molecule has 5 nitrogen and oxygen atoms in total. The molecule has 15 heavy (non-hydrogen) atoms. The molecule has 1 aliphatic rings. The van der Waals surface area contributed by atoms with Gasteiger partial charge in [0.2, 0.25) is 5.95 Å². The second-order valence-electron chi connectivity index (χ2n) is 3.89. The number of H-pyrrole nitrogens is 1. The summed E-state index contributed by atoms with van der Waals surface area (Å²) in [5.41, 5.74) is 0.825. The zero-order valence-electron chi connectivity index (χ0n) is 8.48. The predicted molar refractivity (Wildman–Crippen MR) is 57.7 cm³/mol. The molecule has 0 saturated carbocycles. The Morgan fingerprint density at radius 3 is 2.87 bits per heavy atom. The van der Waals surface area contributed by atoms with Gasteiger partial charge in [-0.05, 0) is 19.3 Å². The second-order valence-corrected chi connectivity index (χ2v) is 3.89. The van der Waals surface area contributed by atoms with Crippen molar-refractivity contribution in [3.63, 3.8) is 0 Å². The van der Waals surface area contributed by atoms with E-state index in [9.17, 15) is 0 Å². The number of fused-ring (bicyclic) bond motifs is 1. The number of aromatic nitrogens is 4. The zero-order chi connectivity index (χ0) is 10.1. The highest BCUT2D eigenvalue weighted by Gasteiger charge is 2.13. The Labute approximate surface area is 87.5 Å². The van der Waals surface area contributed by atoms with Crippen LogP contribution in [0.2, 0.25) is 0 Å². The van der Waals surface area contributed by atoms with E-state index in [1.54, 1.807) is 6.20 Å². The molecule has 0 spiro atoms. The smallest absolute Gasteiger partial charge is 0.227 e. The standard InChI is InChI=1S/C10H13N5/c1-2-4-15(5-3-1)10-11-6-8-7-12-14-9(8)13-10/h6-7H,1-5H2,(H,11,12,13,14). The molecule has 1 saturated heterocycles. The number of hydrogen-bond donors (Lipinski definition) is 1. The average Bonchev–Trinajstić information content (AvgIpc) is 2.77. The van der Waals surface area contributed by atoms with Crippen molar-refractivity contribution >= 4 is 17.0 Å². The first-order chi connectivity index (χ1) is 7.43. The average molecular weight is 203 g/mol. The highest BCUT2D eigenvalue weighted by molar-refractivity contribution is 5.73. The van der Waals surface area contributed by atoms with E-state index in [0.29, 0.717) is 0 Å². The minimum Gasteiger partial charge on any atom is -0.341 e. The van der Waals surface area contributed by atoms with Gasteiger partial charge in [-0.25, -0.2) is 4.98 Å². The van der Waals surface area contributed by atoms with Gasteiger partial charge in [-0.15, -0.1) is 0 Å². The maximum Gasteiger partial charge on any atom is 0.227 e. The first-order valence-electron chi connectivity index (χ1n) is 5.34. The van der Waals surface area contributed by atoms with Crippen LogP contribution in [-0.4, -0.2) is 33.3 Å². The quantitative estimate of drug-likeness (QED) is 0.760. The lowest BCUT2D eigenvalue weighted by Crippen LogP contribution is -2.30. The molecule has 0 amide bonds. The van der Waals surface area contributed by atoms with Gasteiger partial charge < -0.3 is 4.90 Å². The fourth-order valence-electron chi connectivity index (χ4n) is 1.98. The molecule has 1 aliphatic heterocycles. The number of nitrogens with zero attached hydrogens (tertiary/aromatic N) is 4. The molecule has 2 aromatic rings. The minimum absolute atomic E-state index is 0.825. The van der Waals surface area contributed by atoms with E-state index in [4.69, 9.17) is 0 Å². The summed E-state index contributed by atoms with van der Waals surface area (Å²) >= 11 is 0. The molecule has 0 bridgehead atoms. The van der Waals surface area contributed by atoms with Crippen LogP contribution in [0.3, 0.4) is 0 Å². The van der Waals surface area contributed by atoms with E-state index in [0.717, 1.165) is 30.1 Å². The SMILES string of the molecule is c1n[nH]c2nc(N3CCCCC3)ncc12. The van der Waals surface area contributed by atoms with Gasteiger partial charge >= 0.3 is 0 Å². The van der Waals surface area contributed by atoms with Crippen LogP contribution in [0.5, 0.6) is 0 Å². The van der Waals surface area contributed by atoms with Gasteiger partial charge in [-0.3, -0.25) is 5.10 Å². The van der Waals surface area contributed by atoms with Crippen LogP contribution in [0.15, 0.2) is 12.4 Å². The molecule has 1 N–H and O–H groups in total.